The van der Waals surface area contributed by atoms with Crippen LogP contribution in [0.5, 0.6) is 5.75 Å². The first kappa shape index (κ1) is 29.2. The molecule has 1 aliphatic heterocycles. The van der Waals surface area contributed by atoms with Gasteiger partial charge in [-0.15, -0.1) is 0 Å². The maximum Gasteiger partial charge on any atom is 0.243 e. The smallest absolute Gasteiger partial charge is 0.243 e. The Morgan fingerprint density at radius 2 is 1.78 bits per heavy atom. The molecule has 1 heterocycles. The van der Waals surface area contributed by atoms with Crippen molar-refractivity contribution >= 4 is 43.2 Å². The number of carbonyl (C=O) groups excluding carboxylic acids is 1. The predicted octanol–water partition coefficient (Wildman–Crippen LogP) is 2.41. The number of morpholine rings is 1. The van der Waals surface area contributed by atoms with Gasteiger partial charge in [0, 0.05) is 31.1 Å². The number of halogens is 1. The first-order chi connectivity index (χ1) is 17.5. The summed E-state index contributed by atoms with van der Waals surface area (Å²) in [7, 11) is -7.12. The van der Waals surface area contributed by atoms with Gasteiger partial charge in [0.15, 0.2) is 0 Å². The minimum Gasteiger partial charge on any atom is -0.492 e. The highest BCUT2D eigenvalue weighted by molar-refractivity contribution is 7.92. The molecule has 0 saturated carbocycles. The number of amides is 1. The summed E-state index contributed by atoms with van der Waals surface area (Å²) in [4.78, 5) is 12.4. The zero-order valence-corrected chi connectivity index (χ0v) is 23.2. The van der Waals surface area contributed by atoms with Crippen molar-refractivity contribution in [1.82, 2.24) is 9.62 Å². The van der Waals surface area contributed by atoms with E-state index >= 15 is 0 Å². The highest BCUT2D eigenvalue weighted by Crippen LogP contribution is 2.28. The summed E-state index contributed by atoms with van der Waals surface area (Å²) in [5.74, 6) is 0.252. The number of sulfonamides is 2. The molecule has 2 aromatic rings. The first-order valence-electron chi connectivity index (χ1n) is 11.8. The second-order valence-electron chi connectivity index (χ2n) is 8.51. The maximum absolute atomic E-state index is 12.7. The van der Waals surface area contributed by atoms with Crippen molar-refractivity contribution in [2.24, 2.45) is 0 Å². The Kier molecular flexibility index (Phi) is 10.2. The lowest BCUT2D eigenvalue weighted by molar-refractivity contribution is -0.121. The third-order valence-electron chi connectivity index (χ3n) is 5.80. The van der Waals surface area contributed by atoms with Crippen molar-refractivity contribution in [2.45, 2.75) is 24.7 Å². The Morgan fingerprint density at radius 1 is 1.11 bits per heavy atom. The van der Waals surface area contributed by atoms with E-state index in [4.69, 9.17) is 21.1 Å². The summed E-state index contributed by atoms with van der Waals surface area (Å²) in [5.41, 5.74) is 1.15. The molecule has 1 saturated heterocycles. The van der Waals surface area contributed by atoms with Gasteiger partial charge >= 0.3 is 0 Å². The van der Waals surface area contributed by atoms with Crippen LogP contribution in [0.15, 0.2) is 47.4 Å². The highest BCUT2D eigenvalue weighted by Gasteiger charge is 2.26. The molecule has 0 aromatic heterocycles. The Morgan fingerprint density at radius 3 is 2.43 bits per heavy atom. The Labute approximate surface area is 223 Å². The van der Waals surface area contributed by atoms with Crippen molar-refractivity contribution in [3.63, 3.8) is 0 Å². The Balaban J connectivity index is 1.42. The van der Waals surface area contributed by atoms with Crippen LogP contribution in [0.25, 0.3) is 0 Å². The minimum absolute atomic E-state index is 0.139. The molecule has 1 aliphatic rings. The van der Waals surface area contributed by atoms with E-state index in [1.54, 1.807) is 37.3 Å². The largest absolute Gasteiger partial charge is 0.492 e. The maximum atomic E-state index is 12.7. The molecule has 0 aliphatic carbocycles. The molecular weight excluding hydrogens is 542 g/mol. The van der Waals surface area contributed by atoms with E-state index in [0.717, 1.165) is 6.26 Å². The number of hydrogen-bond donors (Lipinski definition) is 1. The number of rotatable bonds is 12. The number of anilines is 1. The van der Waals surface area contributed by atoms with Gasteiger partial charge < -0.3 is 14.8 Å². The monoisotopic (exact) mass is 573 g/mol. The van der Waals surface area contributed by atoms with E-state index in [1.165, 1.54) is 20.7 Å². The zero-order valence-electron chi connectivity index (χ0n) is 20.9. The number of nitrogens with zero attached hydrogens (tertiary/aromatic N) is 2. The van der Waals surface area contributed by atoms with Crippen molar-refractivity contribution in [3.05, 3.63) is 53.1 Å². The molecule has 0 radical (unpaired) electrons. The number of hydrogen-bond acceptors (Lipinski definition) is 7. The normalized spacial score (nSPS) is 14.8. The van der Waals surface area contributed by atoms with E-state index in [-0.39, 0.29) is 36.9 Å². The van der Waals surface area contributed by atoms with Crippen molar-refractivity contribution in [3.8, 4) is 5.75 Å². The van der Waals surface area contributed by atoms with E-state index in [9.17, 15) is 21.6 Å². The van der Waals surface area contributed by atoms with Gasteiger partial charge in [0.2, 0.25) is 26.0 Å². The summed E-state index contributed by atoms with van der Waals surface area (Å²) in [6.45, 7) is 3.74. The molecule has 0 unspecified atom stereocenters. The van der Waals surface area contributed by atoms with E-state index in [1.807, 2.05) is 0 Å². The topological polar surface area (TPSA) is 122 Å². The van der Waals surface area contributed by atoms with E-state index in [0.29, 0.717) is 54.7 Å². The molecule has 2 aromatic carbocycles. The fourth-order valence-electron chi connectivity index (χ4n) is 3.81. The highest BCUT2D eigenvalue weighted by atomic mass is 35.5. The fourth-order valence-corrected chi connectivity index (χ4v) is 6.40. The van der Waals surface area contributed by atoms with E-state index in [2.05, 4.69) is 5.32 Å². The molecule has 13 heteroatoms. The first-order valence-corrected chi connectivity index (χ1v) is 15.5. The van der Waals surface area contributed by atoms with Gasteiger partial charge in [-0.3, -0.25) is 9.10 Å². The lowest BCUT2D eigenvalue weighted by atomic mass is 10.2. The van der Waals surface area contributed by atoms with Gasteiger partial charge in [0.05, 0.1) is 36.6 Å². The molecule has 3 rings (SSSR count). The molecule has 0 atom stereocenters. The van der Waals surface area contributed by atoms with Crippen LogP contribution in [0, 0.1) is 6.92 Å². The molecule has 0 bridgehead atoms. The summed E-state index contributed by atoms with van der Waals surface area (Å²) >= 11 is 6.14. The average Bonchev–Trinajstić information content (AvgIpc) is 2.86. The van der Waals surface area contributed by atoms with Gasteiger partial charge in [-0.05, 0) is 55.3 Å². The zero-order chi connectivity index (χ0) is 27.1. The predicted molar refractivity (Wildman–Crippen MR) is 142 cm³/mol. The third-order valence-corrected chi connectivity index (χ3v) is 9.30. The van der Waals surface area contributed by atoms with Gasteiger partial charge in [-0.1, -0.05) is 17.7 Å². The second kappa shape index (κ2) is 12.9. The van der Waals surface area contributed by atoms with Crippen molar-refractivity contribution in [1.29, 1.82) is 0 Å². The molecule has 204 valence electrons. The second-order valence-corrected chi connectivity index (χ2v) is 12.8. The minimum atomic E-state index is -3.57. The van der Waals surface area contributed by atoms with Crippen LogP contribution in [0.2, 0.25) is 5.02 Å². The van der Waals surface area contributed by atoms with Gasteiger partial charge in [0.1, 0.15) is 12.4 Å². The van der Waals surface area contributed by atoms with Crippen LogP contribution in [-0.4, -0.2) is 79.3 Å². The lowest BCUT2D eigenvalue weighted by Gasteiger charge is -2.26. The number of carbonyl (C=O) groups is 1. The quantitative estimate of drug-likeness (QED) is 0.387. The molecule has 1 amide bonds. The Bertz CT molecular complexity index is 1280. The molecule has 10 nitrogen and oxygen atoms in total. The SMILES string of the molecule is Cc1c(Cl)cccc1N(CCCC(=O)NCCOc1ccc(S(=O)(=O)N2CCOCC2)cc1)S(C)(=O)=O. The van der Waals surface area contributed by atoms with Crippen LogP contribution < -0.4 is 14.4 Å². The average molecular weight is 574 g/mol. The lowest BCUT2D eigenvalue weighted by Crippen LogP contribution is -2.40. The molecule has 1 fully saturated rings. The van der Waals surface area contributed by atoms with Crippen LogP contribution >= 0.6 is 11.6 Å². The number of benzene rings is 2. The van der Waals surface area contributed by atoms with Gasteiger partial charge in [-0.2, -0.15) is 4.31 Å². The van der Waals surface area contributed by atoms with Crippen LogP contribution in [-0.2, 0) is 29.6 Å². The summed E-state index contributed by atoms with van der Waals surface area (Å²) in [6.07, 6.45) is 1.58. The summed E-state index contributed by atoms with van der Waals surface area (Å²) in [6, 6.07) is 11.2. The molecule has 37 heavy (non-hydrogen) atoms. The Hall–Kier alpha value is -2.38. The van der Waals surface area contributed by atoms with E-state index < -0.39 is 20.0 Å². The molecule has 0 spiro atoms. The fraction of sp³-hybridized carbons (Fsp3) is 0.458. The number of ether oxygens (including phenoxy) is 2. The van der Waals surface area contributed by atoms with Crippen LogP contribution in [0.1, 0.15) is 18.4 Å². The van der Waals surface area contributed by atoms with Crippen LogP contribution in [0.4, 0.5) is 5.69 Å². The van der Waals surface area contributed by atoms with Gasteiger partial charge in [-0.25, -0.2) is 16.8 Å². The third kappa shape index (κ3) is 8.05. The number of nitrogens with one attached hydrogen (secondary N) is 1. The summed E-state index contributed by atoms with van der Waals surface area (Å²) in [5, 5.41) is 3.21. The molecule has 1 N–H and O–H groups in total. The van der Waals surface area contributed by atoms with Gasteiger partial charge in [0.25, 0.3) is 0 Å². The standard InChI is InChI=1S/C24H32ClN3O7S2/c1-19-22(25)5-3-6-23(19)28(36(2,30)31)13-4-7-24(29)26-12-16-35-20-8-10-21(11-9-20)37(32,33)27-14-17-34-18-15-27/h3,5-6,8-11H,4,7,12-18H2,1-2H3,(H,26,29). The molecular formula is C24H32ClN3O7S2. The summed E-state index contributed by atoms with van der Waals surface area (Å²) < 4.78 is 63.4. The van der Waals surface area contributed by atoms with Crippen molar-refractivity contribution in [2.75, 3.05) is 56.6 Å². The van der Waals surface area contributed by atoms with Crippen LogP contribution in [0.3, 0.4) is 0 Å². The van der Waals surface area contributed by atoms with Crippen molar-refractivity contribution < 1.29 is 31.1 Å².